The highest BCUT2D eigenvalue weighted by Crippen LogP contribution is 2.46. The number of fused-ring (bicyclic) bond motifs is 3. The lowest BCUT2D eigenvalue weighted by molar-refractivity contribution is -0.127. The second-order valence-corrected chi connectivity index (χ2v) is 10.7. The summed E-state index contributed by atoms with van der Waals surface area (Å²) < 4.78 is 23.6. The predicted molar refractivity (Wildman–Crippen MR) is 163 cm³/mol. The first kappa shape index (κ1) is 27.3. The maximum Gasteiger partial charge on any atom is 0.246 e. The van der Waals surface area contributed by atoms with Gasteiger partial charge in [-0.1, -0.05) is 6.58 Å². The van der Waals surface area contributed by atoms with E-state index in [0.717, 1.165) is 36.0 Å². The summed E-state index contributed by atoms with van der Waals surface area (Å²) in [5.74, 6) is 0.896. The van der Waals surface area contributed by atoms with E-state index in [9.17, 15) is 4.79 Å². The first-order chi connectivity index (χ1) is 20.3. The van der Waals surface area contributed by atoms with E-state index in [1.165, 1.54) is 6.08 Å². The number of nitrogens with zero attached hydrogens (tertiary/aromatic N) is 6. The molecule has 0 spiro atoms. The van der Waals surface area contributed by atoms with E-state index in [1.807, 2.05) is 46.8 Å². The van der Waals surface area contributed by atoms with Crippen LogP contribution in [0.2, 0.25) is 0 Å². The highest BCUT2D eigenvalue weighted by Gasteiger charge is 2.48. The summed E-state index contributed by atoms with van der Waals surface area (Å²) in [6, 6.07) is 12.9. The molecule has 2 aromatic heterocycles. The zero-order valence-corrected chi connectivity index (χ0v) is 23.8. The van der Waals surface area contributed by atoms with Gasteiger partial charge in [0.25, 0.3) is 0 Å². The van der Waals surface area contributed by atoms with E-state index in [4.69, 9.17) is 9.72 Å². The van der Waals surface area contributed by atoms with Crippen molar-refractivity contribution < 1.29 is 13.9 Å². The molecule has 2 saturated heterocycles. The molecule has 214 valence electrons. The Morgan fingerprint density at radius 1 is 1.21 bits per heavy atom. The molecule has 3 atom stereocenters. The number of halogens is 1. The van der Waals surface area contributed by atoms with E-state index >= 15 is 4.39 Å². The predicted octanol–water partition coefficient (Wildman–Crippen LogP) is 6.06. The lowest BCUT2D eigenvalue weighted by atomic mass is 9.86. The highest BCUT2D eigenvalue weighted by atomic mass is 19.1. The van der Waals surface area contributed by atoms with Crippen molar-refractivity contribution in [3.05, 3.63) is 84.2 Å². The Kier molecular flexibility index (Phi) is 7.06. The molecule has 2 fully saturated rings. The maximum absolute atomic E-state index is 15.7. The number of imidazole rings is 1. The molecule has 0 unspecified atom stereocenters. The van der Waals surface area contributed by atoms with Crippen LogP contribution in [-0.4, -0.2) is 57.0 Å². The molecule has 4 heterocycles. The minimum Gasteiger partial charge on any atom is -0.457 e. The summed E-state index contributed by atoms with van der Waals surface area (Å²) in [4.78, 5) is 32.3. The summed E-state index contributed by atoms with van der Waals surface area (Å²) in [7, 11) is 3.54. The SMILES string of the molecule is C=CC(=O)N1[C@@H]2CC[C@H]1[C@H](c1ccc(N=C)c(C(=NC)Nc3ccc(Oc4ccc5c(c4)ncn5C)c(C)c3F)n1)C2. The Morgan fingerprint density at radius 3 is 2.81 bits per heavy atom. The van der Waals surface area contributed by atoms with Crippen LogP contribution >= 0.6 is 0 Å². The lowest BCUT2D eigenvalue weighted by Crippen LogP contribution is -2.34. The fourth-order valence-corrected chi connectivity index (χ4v) is 6.26. The third-order valence-corrected chi connectivity index (χ3v) is 8.37. The number of pyridine rings is 1. The Balaban J connectivity index is 1.26. The van der Waals surface area contributed by atoms with Gasteiger partial charge in [0.15, 0.2) is 11.7 Å². The number of carbonyl (C=O) groups excluding carboxylic acids is 1. The number of anilines is 1. The standard InChI is InChI=1S/C32H32FN7O2/c1-6-29(41)40-19-7-12-26(40)21(15-19)22-9-10-24(34-3)31(37-22)32(35-4)38-23-11-14-28(18(2)30(23)33)42-20-8-13-27-25(16-20)36-17-39(27)5/h6,8-11,13-14,16-17,19,21,26H,1,3,7,12,15H2,2,4-5H3,(H,35,38)/t19-,21+,26+/m1/s1. The van der Waals surface area contributed by atoms with Crippen LogP contribution in [0.15, 0.2) is 71.4 Å². The number of rotatable bonds is 7. The number of amides is 1. The van der Waals surface area contributed by atoms with Crippen LogP contribution in [0.5, 0.6) is 11.5 Å². The molecule has 9 nitrogen and oxygen atoms in total. The van der Waals surface area contributed by atoms with Crippen molar-refractivity contribution in [2.24, 2.45) is 17.0 Å². The van der Waals surface area contributed by atoms with E-state index in [1.54, 1.807) is 32.4 Å². The van der Waals surface area contributed by atoms with Crippen LogP contribution in [0.25, 0.3) is 11.0 Å². The average molecular weight is 566 g/mol. The molecule has 0 aliphatic carbocycles. The summed E-state index contributed by atoms with van der Waals surface area (Å²) in [6.07, 6.45) is 5.87. The topological polar surface area (TPSA) is 97.0 Å². The first-order valence-electron chi connectivity index (χ1n) is 13.9. The van der Waals surface area contributed by atoms with Gasteiger partial charge in [0.1, 0.15) is 17.2 Å². The van der Waals surface area contributed by atoms with Crippen LogP contribution in [0.4, 0.5) is 15.8 Å². The van der Waals surface area contributed by atoms with Crippen molar-refractivity contribution in [2.45, 2.75) is 44.2 Å². The number of ether oxygens (including phenoxy) is 1. The molecule has 2 aromatic carbocycles. The Bertz CT molecular complexity index is 1760. The van der Waals surface area contributed by atoms with Crippen molar-refractivity contribution in [2.75, 3.05) is 12.4 Å². The maximum atomic E-state index is 15.7. The molecular formula is C32H32FN7O2. The number of hydrogen-bond acceptors (Lipinski definition) is 6. The van der Waals surface area contributed by atoms with Crippen molar-refractivity contribution in [3.63, 3.8) is 0 Å². The second-order valence-electron chi connectivity index (χ2n) is 10.7. The minimum atomic E-state index is -0.469. The molecule has 2 aliphatic heterocycles. The number of carbonyl (C=O) groups is 1. The van der Waals surface area contributed by atoms with Gasteiger partial charge < -0.3 is 19.5 Å². The van der Waals surface area contributed by atoms with Crippen molar-refractivity contribution in [3.8, 4) is 11.5 Å². The molecule has 1 N–H and O–H groups in total. The molecule has 2 aliphatic rings. The summed E-state index contributed by atoms with van der Waals surface area (Å²) in [5, 5.41) is 3.11. The van der Waals surface area contributed by atoms with Gasteiger partial charge >= 0.3 is 0 Å². The number of nitrogens with one attached hydrogen (secondary N) is 1. The van der Waals surface area contributed by atoms with Gasteiger partial charge in [-0.05, 0) is 75.4 Å². The van der Waals surface area contributed by atoms with Gasteiger partial charge in [-0.3, -0.25) is 14.8 Å². The zero-order chi connectivity index (χ0) is 29.5. The molecule has 4 aromatic rings. The monoisotopic (exact) mass is 565 g/mol. The fourth-order valence-electron chi connectivity index (χ4n) is 6.26. The number of aromatic nitrogens is 3. The molecule has 42 heavy (non-hydrogen) atoms. The third-order valence-electron chi connectivity index (χ3n) is 8.37. The molecule has 6 rings (SSSR count). The molecule has 0 radical (unpaired) electrons. The number of amidine groups is 1. The number of aryl methyl sites for hydroxylation is 1. The largest absolute Gasteiger partial charge is 0.457 e. The fraction of sp³-hybridized carbons (Fsp3) is 0.281. The van der Waals surface area contributed by atoms with Crippen molar-refractivity contribution in [1.29, 1.82) is 0 Å². The Morgan fingerprint density at radius 2 is 2.05 bits per heavy atom. The average Bonchev–Trinajstić information content (AvgIpc) is 3.71. The smallest absolute Gasteiger partial charge is 0.246 e. The minimum absolute atomic E-state index is 0.0392. The summed E-state index contributed by atoms with van der Waals surface area (Å²) in [5.41, 5.74) is 4.18. The highest BCUT2D eigenvalue weighted by molar-refractivity contribution is 6.10. The van der Waals surface area contributed by atoms with Gasteiger partial charge in [0.2, 0.25) is 5.91 Å². The van der Waals surface area contributed by atoms with Crippen molar-refractivity contribution in [1.82, 2.24) is 19.4 Å². The van der Waals surface area contributed by atoms with E-state index in [0.29, 0.717) is 34.3 Å². The zero-order valence-electron chi connectivity index (χ0n) is 23.8. The van der Waals surface area contributed by atoms with Gasteiger partial charge in [-0.25, -0.2) is 14.4 Å². The van der Waals surface area contributed by atoms with Crippen LogP contribution in [0.1, 0.15) is 42.1 Å². The van der Waals surface area contributed by atoms with E-state index in [-0.39, 0.29) is 29.6 Å². The van der Waals surface area contributed by atoms with Gasteiger partial charge in [-0.15, -0.1) is 0 Å². The molecule has 10 heteroatoms. The van der Waals surface area contributed by atoms with Gasteiger partial charge in [-0.2, -0.15) is 0 Å². The van der Waals surface area contributed by atoms with Crippen LogP contribution in [0, 0.1) is 12.7 Å². The van der Waals surface area contributed by atoms with Crippen LogP contribution in [0.3, 0.4) is 0 Å². The molecule has 0 saturated carbocycles. The molecule has 2 bridgehead atoms. The first-order valence-corrected chi connectivity index (χ1v) is 13.9. The molecule has 1 amide bonds. The van der Waals surface area contributed by atoms with Crippen LogP contribution in [-0.2, 0) is 11.8 Å². The summed E-state index contributed by atoms with van der Waals surface area (Å²) >= 11 is 0. The Labute approximate surface area is 243 Å². The van der Waals surface area contributed by atoms with E-state index in [2.05, 4.69) is 33.6 Å². The number of hydrogen-bond donors (Lipinski definition) is 1. The normalized spacial score (nSPS) is 19.8. The van der Waals surface area contributed by atoms with Gasteiger partial charge in [0, 0.05) is 49.4 Å². The lowest BCUT2D eigenvalue weighted by Gasteiger charge is -2.24. The second kappa shape index (κ2) is 10.8. The molecular weight excluding hydrogens is 533 g/mol. The number of aliphatic imine (C=N–C) groups is 2. The van der Waals surface area contributed by atoms with Gasteiger partial charge in [0.05, 0.1) is 28.7 Å². The Hall–Kier alpha value is -4.86. The number of benzene rings is 2. The quantitative estimate of drug-likeness (QED) is 0.167. The van der Waals surface area contributed by atoms with Crippen LogP contribution < -0.4 is 10.1 Å². The van der Waals surface area contributed by atoms with E-state index < -0.39 is 5.82 Å². The van der Waals surface area contributed by atoms with Crippen molar-refractivity contribution >= 4 is 40.9 Å². The summed E-state index contributed by atoms with van der Waals surface area (Å²) in [6.45, 7) is 9.03. The third kappa shape index (κ3) is 4.62.